The fourth-order valence-electron chi connectivity index (χ4n) is 3.03. The van der Waals surface area contributed by atoms with Crippen LogP contribution in [0.3, 0.4) is 0 Å². The molecule has 0 spiro atoms. The SMILES string of the molecule is CC(NC(=O)C(N)CCCCN)C(=O)N1CCCC1C(=O)NC(CO)C(=O)O. The van der Waals surface area contributed by atoms with Crippen LogP contribution in [0.1, 0.15) is 39.0 Å². The van der Waals surface area contributed by atoms with E-state index in [9.17, 15) is 19.2 Å². The van der Waals surface area contributed by atoms with Gasteiger partial charge in [0.05, 0.1) is 12.6 Å². The number of aliphatic carboxylic acids is 1. The van der Waals surface area contributed by atoms with Crippen molar-refractivity contribution in [1.82, 2.24) is 15.5 Å². The van der Waals surface area contributed by atoms with Crippen molar-refractivity contribution in [1.29, 1.82) is 0 Å². The van der Waals surface area contributed by atoms with Gasteiger partial charge in [-0.15, -0.1) is 0 Å². The van der Waals surface area contributed by atoms with Crippen LogP contribution in [0.15, 0.2) is 0 Å². The zero-order valence-electron chi connectivity index (χ0n) is 16.1. The quantitative estimate of drug-likeness (QED) is 0.205. The van der Waals surface area contributed by atoms with Crippen molar-refractivity contribution in [3.8, 4) is 0 Å². The van der Waals surface area contributed by atoms with Gasteiger partial charge in [-0.3, -0.25) is 14.4 Å². The fourth-order valence-corrected chi connectivity index (χ4v) is 3.03. The number of rotatable bonds is 11. The summed E-state index contributed by atoms with van der Waals surface area (Å²) >= 11 is 0. The minimum atomic E-state index is -1.44. The highest BCUT2D eigenvalue weighted by atomic mass is 16.4. The number of unbranched alkanes of at least 4 members (excludes halogenated alkanes) is 1. The molecule has 1 aliphatic rings. The molecule has 11 nitrogen and oxygen atoms in total. The van der Waals surface area contributed by atoms with Gasteiger partial charge in [0.25, 0.3) is 0 Å². The average Bonchev–Trinajstić information content (AvgIpc) is 3.14. The summed E-state index contributed by atoms with van der Waals surface area (Å²) in [5.74, 6) is -2.92. The number of likely N-dealkylation sites (tertiary alicyclic amines) is 1. The van der Waals surface area contributed by atoms with Crippen molar-refractivity contribution in [2.45, 2.75) is 63.2 Å². The molecule has 0 aromatic heterocycles. The Kier molecular flexibility index (Phi) is 9.83. The normalized spacial score (nSPS) is 19.6. The minimum absolute atomic E-state index is 0.316. The third-order valence-electron chi connectivity index (χ3n) is 4.67. The van der Waals surface area contributed by atoms with Gasteiger partial charge < -0.3 is 37.2 Å². The standard InChI is InChI=1S/C17H31N5O6/c1-10(20-14(24)11(19)5-2-3-7-18)16(26)22-8-4-6-13(22)15(25)21-12(9-23)17(27)28/h10-13,23H,2-9,18-19H2,1H3,(H,20,24)(H,21,25)(H,27,28). The van der Waals surface area contributed by atoms with E-state index in [1.807, 2.05) is 0 Å². The molecule has 0 radical (unpaired) electrons. The second-order valence-electron chi connectivity index (χ2n) is 6.89. The van der Waals surface area contributed by atoms with Crippen LogP contribution in [0.4, 0.5) is 0 Å². The lowest BCUT2D eigenvalue weighted by molar-refractivity contribution is -0.145. The van der Waals surface area contributed by atoms with Crippen molar-refractivity contribution >= 4 is 23.7 Å². The van der Waals surface area contributed by atoms with Gasteiger partial charge in [0.15, 0.2) is 0 Å². The molecular weight excluding hydrogens is 370 g/mol. The lowest BCUT2D eigenvalue weighted by Crippen LogP contribution is -2.56. The lowest BCUT2D eigenvalue weighted by Gasteiger charge is -2.28. The summed E-state index contributed by atoms with van der Waals surface area (Å²) in [7, 11) is 0. The van der Waals surface area contributed by atoms with E-state index in [-0.39, 0.29) is 0 Å². The molecule has 3 amide bonds. The van der Waals surface area contributed by atoms with Crippen LogP contribution in [-0.4, -0.2) is 82.7 Å². The number of aliphatic hydroxyl groups is 1. The molecule has 1 heterocycles. The van der Waals surface area contributed by atoms with Crippen molar-refractivity contribution in [3.05, 3.63) is 0 Å². The maximum Gasteiger partial charge on any atom is 0.328 e. The van der Waals surface area contributed by atoms with Gasteiger partial charge in [-0.1, -0.05) is 6.42 Å². The van der Waals surface area contributed by atoms with E-state index >= 15 is 0 Å². The second kappa shape index (κ2) is 11.6. The number of carboxylic acid groups (broad SMARTS) is 1. The number of carboxylic acids is 1. The Morgan fingerprint density at radius 3 is 2.46 bits per heavy atom. The van der Waals surface area contributed by atoms with E-state index in [2.05, 4.69) is 10.6 Å². The first-order chi connectivity index (χ1) is 13.2. The van der Waals surface area contributed by atoms with Gasteiger partial charge in [0.2, 0.25) is 17.7 Å². The molecular formula is C17H31N5O6. The number of nitrogens with zero attached hydrogens (tertiary/aromatic N) is 1. The number of carbonyl (C=O) groups is 4. The summed E-state index contributed by atoms with van der Waals surface area (Å²) in [4.78, 5) is 49.4. The molecule has 4 atom stereocenters. The first-order valence-electron chi connectivity index (χ1n) is 9.43. The maximum atomic E-state index is 12.7. The molecule has 0 bridgehead atoms. The number of aliphatic hydroxyl groups excluding tert-OH is 1. The first kappa shape index (κ1) is 23.8. The zero-order valence-corrected chi connectivity index (χ0v) is 16.1. The van der Waals surface area contributed by atoms with Gasteiger partial charge in [-0.2, -0.15) is 0 Å². The van der Waals surface area contributed by atoms with E-state index in [1.165, 1.54) is 11.8 Å². The summed E-state index contributed by atoms with van der Waals surface area (Å²) < 4.78 is 0. The highest BCUT2D eigenvalue weighted by Gasteiger charge is 2.37. The summed E-state index contributed by atoms with van der Waals surface area (Å²) in [6, 6.07) is -3.91. The van der Waals surface area contributed by atoms with Crippen LogP contribution in [0.25, 0.3) is 0 Å². The van der Waals surface area contributed by atoms with E-state index in [4.69, 9.17) is 21.7 Å². The molecule has 0 saturated carbocycles. The van der Waals surface area contributed by atoms with Crippen molar-refractivity contribution in [2.24, 2.45) is 11.5 Å². The van der Waals surface area contributed by atoms with E-state index in [0.29, 0.717) is 38.8 Å². The molecule has 0 aliphatic carbocycles. The van der Waals surface area contributed by atoms with E-state index in [0.717, 1.165) is 6.42 Å². The minimum Gasteiger partial charge on any atom is -0.480 e. The molecule has 1 aliphatic heterocycles. The second-order valence-corrected chi connectivity index (χ2v) is 6.89. The van der Waals surface area contributed by atoms with E-state index < -0.39 is 54.5 Å². The Labute approximate surface area is 163 Å². The largest absolute Gasteiger partial charge is 0.480 e. The summed E-state index contributed by atoms with van der Waals surface area (Å²) in [6.07, 6.45) is 2.85. The third-order valence-corrected chi connectivity index (χ3v) is 4.67. The number of nitrogens with one attached hydrogen (secondary N) is 2. The number of hydrogen-bond donors (Lipinski definition) is 6. The zero-order chi connectivity index (χ0) is 21.3. The predicted octanol–water partition coefficient (Wildman–Crippen LogP) is -2.50. The van der Waals surface area contributed by atoms with Crippen molar-refractivity contribution in [3.63, 3.8) is 0 Å². The Morgan fingerprint density at radius 1 is 1.21 bits per heavy atom. The number of amides is 3. The van der Waals surface area contributed by atoms with Crippen LogP contribution in [-0.2, 0) is 19.2 Å². The summed E-state index contributed by atoms with van der Waals surface area (Å²) in [5, 5.41) is 22.8. The van der Waals surface area contributed by atoms with Gasteiger partial charge in [-0.05, 0) is 39.2 Å². The highest BCUT2D eigenvalue weighted by molar-refractivity contribution is 5.94. The molecule has 8 N–H and O–H groups in total. The number of nitrogens with two attached hydrogens (primary N) is 2. The molecule has 0 aromatic carbocycles. The van der Waals surface area contributed by atoms with Gasteiger partial charge in [0, 0.05) is 6.54 Å². The number of hydrogen-bond acceptors (Lipinski definition) is 7. The fraction of sp³-hybridized carbons (Fsp3) is 0.765. The van der Waals surface area contributed by atoms with Gasteiger partial charge >= 0.3 is 5.97 Å². The van der Waals surface area contributed by atoms with Crippen LogP contribution < -0.4 is 22.1 Å². The Morgan fingerprint density at radius 2 is 1.89 bits per heavy atom. The molecule has 11 heteroatoms. The van der Waals surface area contributed by atoms with Gasteiger partial charge in [0.1, 0.15) is 18.1 Å². The molecule has 1 saturated heterocycles. The average molecular weight is 401 g/mol. The summed E-state index contributed by atoms with van der Waals surface area (Å²) in [6.45, 7) is 1.58. The molecule has 160 valence electrons. The van der Waals surface area contributed by atoms with Crippen LogP contribution in [0.2, 0.25) is 0 Å². The Hall–Kier alpha value is -2.24. The highest BCUT2D eigenvalue weighted by Crippen LogP contribution is 2.19. The van der Waals surface area contributed by atoms with Crippen LogP contribution in [0.5, 0.6) is 0 Å². The van der Waals surface area contributed by atoms with Crippen molar-refractivity contribution in [2.75, 3.05) is 19.7 Å². The smallest absolute Gasteiger partial charge is 0.328 e. The molecule has 4 unspecified atom stereocenters. The lowest BCUT2D eigenvalue weighted by atomic mass is 10.1. The molecule has 1 rings (SSSR count). The van der Waals surface area contributed by atoms with E-state index in [1.54, 1.807) is 0 Å². The monoisotopic (exact) mass is 401 g/mol. The molecule has 1 fully saturated rings. The number of carbonyl (C=O) groups excluding carboxylic acids is 3. The van der Waals surface area contributed by atoms with Crippen molar-refractivity contribution < 1.29 is 29.4 Å². The topological polar surface area (TPSA) is 188 Å². The molecule has 0 aromatic rings. The van der Waals surface area contributed by atoms with Gasteiger partial charge in [-0.25, -0.2) is 4.79 Å². The Balaban J connectivity index is 2.64. The van der Waals surface area contributed by atoms with Crippen LogP contribution in [0, 0.1) is 0 Å². The Bertz CT molecular complexity index is 572. The van der Waals surface area contributed by atoms with Crippen LogP contribution >= 0.6 is 0 Å². The predicted molar refractivity (Wildman–Crippen MR) is 99.9 cm³/mol. The molecule has 28 heavy (non-hydrogen) atoms. The maximum absolute atomic E-state index is 12.7. The third kappa shape index (κ3) is 6.73. The summed E-state index contributed by atoms with van der Waals surface area (Å²) in [5.41, 5.74) is 11.2. The first-order valence-corrected chi connectivity index (χ1v) is 9.43.